The average molecular weight is 251 g/mol. The molecule has 1 fully saturated rings. The highest BCUT2D eigenvalue weighted by molar-refractivity contribution is 5.75. The summed E-state index contributed by atoms with van der Waals surface area (Å²) in [6.45, 7) is 5.00. The van der Waals surface area contributed by atoms with Gasteiger partial charge in [-0.1, -0.05) is 12.1 Å². The Morgan fingerprint density at radius 1 is 1.61 bits per heavy atom. The highest BCUT2D eigenvalue weighted by Crippen LogP contribution is 2.18. The van der Waals surface area contributed by atoms with E-state index in [1.54, 1.807) is 4.68 Å². The Kier molecular flexibility index (Phi) is 4.30. The lowest BCUT2D eigenvalue weighted by Gasteiger charge is -2.10. The van der Waals surface area contributed by atoms with Gasteiger partial charge < -0.3 is 10.6 Å². The van der Waals surface area contributed by atoms with Gasteiger partial charge in [0.2, 0.25) is 5.91 Å². The first-order valence-electron chi connectivity index (χ1n) is 6.59. The van der Waals surface area contributed by atoms with E-state index in [9.17, 15) is 4.79 Å². The summed E-state index contributed by atoms with van der Waals surface area (Å²) >= 11 is 0. The molecule has 0 saturated heterocycles. The highest BCUT2D eigenvalue weighted by atomic mass is 16.2. The summed E-state index contributed by atoms with van der Waals surface area (Å²) in [5.41, 5.74) is 0.887. The van der Waals surface area contributed by atoms with Crippen LogP contribution in [0.2, 0.25) is 0 Å². The van der Waals surface area contributed by atoms with E-state index in [4.69, 9.17) is 0 Å². The maximum Gasteiger partial charge on any atom is 0.242 e. The standard InChI is InChI=1S/C12H21N5O/c1-3-9(2)14-12(18)8-17-7-11(15-16-17)6-13-10-4-5-10/h7,9-10,13H,3-6,8H2,1-2H3,(H,14,18). The number of carbonyl (C=O) groups is 1. The third kappa shape index (κ3) is 4.10. The van der Waals surface area contributed by atoms with Crippen LogP contribution in [0.25, 0.3) is 0 Å². The first-order valence-corrected chi connectivity index (χ1v) is 6.59. The van der Waals surface area contributed by atoms with E-state index in [2.05, 4.69) is 20.9 Å². The van der Waals surface area contributed by atoms with Gasteiger partial charge in [-0.2, -0.15) is 0 Å². The van der Waals surface area contributed by atoms with Crippen LogP contribution in [0.4, 0.5) is 0 Å². The van der Waals surface area contributed by atoms with Gasteiger partial charge in [0, 0.05) is 18.6 Å². The molecule has 0 aliphatic heterocycles. The smallest absolute Gasteiger partial charge is 0.242 e. The molecule has 1 unspecified atom stereocenters. The number of amides is 1. The van der Waals surface area contributed by atoms with Crippen LogP contribution in [0.3, 0.4) is 0 Å². The third-order valence-electron chi connectivity index (χ3n) is 3.06. The average Bonchev–Trinajstić information content (AvgIpc) is 3.07. The van der Waals surface area contributed by atoms with Crippen molar-refractivity contribution in [3.63, 3.8) is 0 Å². The van der Waals surface area contributed by atoms with Gasteiger partial charge in [0.25, 0.3) is 0 Å². The summed E-state index contributed by atoms with van der Waals surface area (Å²) in [6, 6.07) is 0.862. The van der Waals surface area contributed by atoms with Crippen molar-refractivity contribution in [3.05, 3.63) is 11.9 Å². The maximum absolute atomic E-state index is 11.7. The Morgan fingerprint density at radius 2 is 2.39 bits per heavy atom. The van der Waals surface area contributed by atoms with E-state index in [-0.39, 0.29) is 18.5 Å². The third-order valence-corrected chi connectivity index (χ3v) is 3.06. The molecule has 1 atom stereocenters. The van der Waals surface area contributed by atoms with E-state index in [0.29, 0.717) is 6.04 Å². The fraction of sp³-hybridized carbons (Fsp3) is 0.750. The summed E-state index contributed by atoms with van der Waals surface area (Å²) in [6.07, 6.45) is 5.27. The van der Waals surface area contributed by atoms with Crippen LogP contribution in [-0.4, -0.2) is 33.0 Å². The molecule has 0 bridgehead atoms. The number of carbonyl (C=O) groups excluding carboxylic acids is 1. The Bertz CT molecular complexity index is 399. The van der Waals surface area contributed by atoms with Gasteiger partial charge in [-0.25, -0.2) is 4.68 Å². The Hall–Kier alpha value is -1.43. The first kappa shape index (κ1) is 13.0. The molecule has 1 aliphatic rings. The normalized spacial score (nSPS) is 16.6. The minimum atomic E-state index is -0.0176. The van der Waals surface area contributed by atoms with Gasteiger partial charge in [0.1, 0.15) is 6.54 Å². The monoisotopic (exact) mass is 251 g/mol. The van der Waals surface area contributed by atoms with Gasteiger partial charge >= 0.3 is 0 Å². The fourth-order valence-corrected chi connectivity index (χ4v) is 1.60. The molecule has 2 N–H and O–H groups in total. The van der Waals surface area contributed by atoms with Crippen molar-refractivity contribution in [3.8, 4) is 0 Å². The zero-order valence-corrected chi connectivity index (χ0v) is 11.0. The van der Waals surface area contributed by atoms with Crippen LogP contribution in [0.1, 0.15) is 38.8 Å². The highest BCUT2D eigenvalue weighted by Gasteiger charge is 2.20. The lowest BCUT2D eigenvalue weighted by Crippen LogP contribution is -2.34. The molecule has 1 saturated carbocycles. The molecule has 0 spiro atoms. The number of rotatable bonds is 7. The number of hydrogen-bond donors (Lipinski definition) is 2. The van der Waals surface area contributed by atoms with Crippen molar-refractivity contribution in [2.24, 2.45) is 0 Å². The summed E-state index contributed by atoms with van der Waals surface area (Å²) < 4.78 is 1.58. The molecule has 1 aromatic rings. The topological polar surface area (TPSA) is 71.8 Å². The summed E-state index contributed by atoms with van der Waals surface area (Å²) in [5.74, 6) is -0.0176. The fourth-order valence-electron chi connectivity index (χ4n) is 1.60. The molecule has 0 radical (unpaired) electrons. The van der Waals surface area contributed by atoms with Gasteiger partial charge in [0.05, 0.1) is 11.9 Å². The number of nitrogens with zero attached hydrogens (tertiary/aromatic N) is 3. The molecule has 1 aromatic heterocycles. The zero-order valence-electron chi connectivity index (χ0n) is 11.0. The predicted octanol–water partition coefficient (Wildman–Crippen LogP) is 0.445. The number of nitrogens with one attached hydrogen (secondary N) is 2. The Balaban J connectivity index is 1.76. The summed E-state index contributed by atoms with van der Waals surface area (Å²) in [7, 11) is 0. The second kappa shape index (κ2) is 5.95. The van der Waals surface area contributed by atoms with Gasteiger partial charge in [-0.3, -0.25) is 4.79 Å². The summed E-state index contributed by atoms with van der Waals surface area (Å²) in [5, 5.41) is 14.3. The molecule has 1 aliphatic carbocycles. The largest absolute Gasteiger partial charge is 0.352 e. The zero-order chi connectivity index (χ0) is 13.0. The van der Waals surface area contributed by atoms with Crippen LogP contribution < -0.4 is 10.6 Å². The molecule has 18 heavy (non-hydrogen) atoms. The van der Waals surface area contributed by atoms with E-state index in [1.165, 1.54) is 12.8 Å². The van der Waals surface area contributed by atoms with Gasteiger partial charge in [0.15, 0.2) is 0 Å². The number of hydrogen-bond acceptors (Lipinski definition) is 4. The van der Waals surface area contributed by atoms with Crippen molar-refractivity contribution in [2.45, 2.75) is 58.3 Å². The minimum Gasteiger partial charge on any atom is -0.352 e. The van der Waals surface area contributed by atoms with Crippen LogP contribution in [-0.2, 0) is 17.9 Å². The van der Waals surface area contributed by atoms with Gasteiger partial charge in [-0.05, 0) is 26.2 Å². The lowest BCUT2D eigenvalue weighted by atomic mass is 10.2. The Labute approximate surface area is 107 Å². The van der Waals surface area contributed by atoms with E-state index < -0.39 is 0 Å². The molecular weight excluding hydrogens is 230 g/mol. The van der Waals surface area contributed by atoms with E-state index in [0.717, 1.165) is 18.7 Å². The Morgan fingerprint density at radius 3 is 3.06 bits per heavy atom. The molecule has 2 rings (SSSR count). The van der Waals surface area contributed by atoms with Crippen molar-refractivity contribution >= 4 is 5.91 Å². The molecule has 100 valence electrons. The molecular formula is C12H21N5O. The second-order valence-electron chi connectivity index (χ2n) is 4.94. The second-order valence-corrected chi connectivity index (χ2v) is 4.94. The van der Waals surface area contributed by atoms with Crippen molar-refractivity contribution < 1.29 is 4.79 Å². The molecule has 6 nitrogen and oxygen atoms in total. The van der Waals surface area contributed by atoms with Crippen molar-refractivity contribution in [1.82, 2.24) is 25.6 Å². The molecule has 6 heteroatoms. The van der Waals surface area contributed by atoms with E-state index in [1.807, 2.05) is 20.0 Å². The van der Waals surface area contributed by atoms with Crippen LogP contribution in [0.15, 0.2) is 6.20 Å². The SMILES string of the molecule is CCC(C)NC(=O)Cn1cc(CNC2CC2)nn1. The molecule has 1 amide bonds. The maximum atomic E-state index is 11.7. The minimum absolute atomic E-state index is 0.0176. The summed E-state index contributed by atoms with van der Waals surface area (Å²) in [4.78, 5) is 11.7. The van der Waals surface area contributed by atoms with Crippen LogP contribution in [0.5, 0.6) is 0 Å². The number of aromatic nitrogens is 3. The van der Waals surface area contributed by atoms with Crippen LogP contribution in [0, 0.1) is 0 Å². The van der Waals surface area contributed by atoms with E-state index >= 15 is 0 Å². The quantitative estimate of drug-likeness (QED) is 0.738. The molecule has 1 heterocycles. The predicted molar refractivity (Wildman–Crippen MR) is 67.8 cm³/mol. The van der Waals surface area contributed by atoms with Crippen molar-refractivity contribution in [2.75, 3.05) is 0 Å². The van der Waals surface area contributed by atoms with Gasteiger partial charge in [-0.15, -0.1) is 5.10 Å². The first-order chi connectivity index (χ1) is 8.67. The van der Waals surface area contributed by atoms with Crippen molar-refractivity contribution in [1.29, 1.82) is 0 Å². The lowest BCUT2D eigenvalue weighted by molar-refractivity contribution is -0.122. The molecule has 0 aromatic carbocycles. The van der Waals surface area contributed by atoms with Crippen LogP contribution >= 0.6 is 0 Å².